The van der Waals surface area contributed by atoms with E-state index in [1.165, 1.54) is 29.1 Å². The Bertz CT molecular complexity index is 1840. The molecular formula is C34H41F3N6O4S. The number of aromatic nitrogens is 3. The lowest BCUT2D eigenvalue weighted by Gasteiger charge is -2.31. The van der Waals surface area contributed by atoms with Crippen molar-refractivity contribution in [2.24, 2.45) is 5.92 Å². The molecule has 2 N–H and O–H groups in total. The first-order chi connectivity index (χ1) is 22.9. The van der Waals surface area contributed by atoms with Crippen LogP contribution in [0.25, 0.3) is 11.0 Å². The molecule has 0 saturated carbocycles. The van der Waals surface area contributed by atoms with Crippen molar-refractivity contribution < 1.29 is 26.4 Å². The summed E-state index contributed by atoms with van der Waals surface area (Å²) in [5.74, 6) is -5.61. The number of rotatable bonds is 13. The maximum absolute atomic E-state index is 15.9. The molecule has 1 atom stereocenters. The van der Waals surface area contributed by atoms with Gasteiger partial charge in [-0.3, -0.25) is 9.36 Å². The van der Waals surface area contributed by atoms with Gasteiger partial charge < -0.3 is 15.4 Å². The number of carbonyl (C=O) groups excluding carboxylic acids is 1. The molecule has 0 amide bonds. The van der Waals surface area contributed by atoms with Gasteiger partial charge in [-0.1, -0.05) is 31.0 Å². The predicted octanol–water partition coefficient (Wildman–Crippen LogP) is 5.31. The Labute approximate surface area is 278 Å². The van der Waals surface area contributed by atoms with Crippen LogP contribution >= 0.6 is 0 Å². The van der Waals surface area contributed by atoms with Gasteiger partial charge in [0.15, 0.2) is 0 Å². The average molecular weight is 687 g/mol. The summed E-state index contributed by atoms with van der Waals surface area (Å²) < 4.78 is 73.1. The smallest absolute Gasteiger partial charge is 0.278 e. The Morgan fingerprint density at radius 3 is 2.56 bits per heavy atom. The zero-order valence-electron chi connectivity index (χ0n) is 27.0. The largest absolute Gasteiger partial charge is 0.363 e. The third-order valence-electron chi connectivity index (χ3n) is 9.81. The molecule has 0 bridgehead atoms. The number of anilines is 1. The molecule has 0 aliphatic carbocycles. The number of nitriles is 1. The normalized spacial score (nSPS) is 18.6. The van der Waals surface area contributed by atoms with Gasteiger partial charge in [0.2, 0.25) is 0 Å². The SMILES string of the molecule is CC(Nc1ncnc2c1cc(C1(C#N)CCS(=O)(=O)CC1)c(=O)n2CCCCCCC=O)c1cccc(C(F)(F)C2CCNCC2)c1F. The van der Waals surface area contributed by atoms with E-state index in [1.54, 1.807) is 6.92 Å². The Morgan fingerprint density at radius 2 is 1.88 bits per heavy atom. The van der Waals surface area contributed by atoms with Crippen LogP contribution < -0.4 is 16.2 Å². The van der Waals surface area contributed by atoms with Crippen LogP contribution in [0.5, 0.6) is 0 Å². The van der Waals surface area contributed by atoms with Crippen LogP contribution in [0.1, 0.15) is 87.4 Å². The summed E-state index contributed by atoms with van der Waals surface area (Å²) in [5.41, 5.74) is -2.05. The van der Waals surface area contributed by atoms with E-state index in [0.29, 0.717) is 31.3 Å². The fourth-order valence-electron chi connectivity index (χ4n) is 6.86. The van der Waals surface area contributed by atoms with E-state index >= 15 is 13.2 Å². The first kappa shape index (κ1) is 35.5. The summed E-state index contributed by atoms with van der Waals surface area (Å²) >= 11 is 0. The van der Waals surface area contributed by atoms with Crippen molar-refractivity contribution in [3.63, 3.8) is 0 Å². The summed E-state index contributed by atoms with van der Waals surface area (Å²) in [6.45, 7) is 2.75. The van der Waals surface area contributed by atoms with Gasteiger partial charge >= 0.3 is 0 Å². The number of alkyl halides is 2. The number of hydrogen-bond donors (Lipinski definition) is 2. The minimum absolute atomic E-state index is 0.0164. The highest BCUT2D eigenvalue weighted by atomic mass is 32.2. The van der Waals surface area contributed by atoms with Crippen LogP contribution in [0.4, 0.5) is 19.0 Å². The Hall–Kier alpha value is -3.83. The fourth-order valence-corrected chi connectivity index (χ4v) is 8.38. The molecule has 2 aromatic heterocycles. The molecule has 2 aliphatic heterocycles. The van der Waals surface area contributed by atoms with E-state index in [9.17, 15) is 23.3 Å². The van der Waals surface area contributed by atoms with Gasteiger partial charge in [-0.15, -0.1) is 0 Å². The van der Waals surface area contributed by atoms with Crippen molar-refractivity contribution in [3.8, 4) is 6.07 Å². The summed E-state index contributed by atoms with van der Waals surface area (Å²) in [7, 11) is -3.36. The lowest BCUT2D eigenvalue weighted by atomic mass is 9.77. The van der Waals surface area contributed by atoms with Crippen molar-refractivity contribution in [1.29, 1.82) is 5.26 Å². The first-order valence-electron chi connectivity index (χ1n) is 16.5. The molecule has 48 heavy (non-hydrogen) atoms. The molecular weight excluding hydrogens is 645 g/mol. The van der Waals surface area contributed by atoms with Crippen LogP contribution in [0.15, 0.2) is 35.4 Å². The fraction of sp³-hybridized carbons (Fsp3) is 0.559. The molecule has 258 valence electrons. The molecule has 4 heterocycles. The van der Waals surface area contributed by atoms with Crippen LogP contribution in [-0.2, 0) is 32.5 Å². The van der Waals surface area contributed by atoms with E-state index in [4.69, 9.17) is 0 Å². The molecule has 0 spiro atoms. The number of sulfone groups is 1. The molecule has 2 aliphatic rings. The average Bonchev–Trinajstić information content (AvgIpc) is 3.08. The van der Waals surface area contributed by atoms with Crippen molar-refractivity contribution in [2.45, 2.75) is 88.6 Å². The van der Waals surface area contributed by atoms with Crippen LogP contribution in [0, 0.1) is 23.1 Å². The Morgan fingerprint density at radius 1 is 1.17 bits per heavy atom. The number of carbonyl (C=O) groups is 1. The number of piperidine rings is 1. The van der Waals surface area contributed by atoms with Crippen molar-refractivity contribution in [1.82, 2.24) is 19.9 Å². The summed E-state index contributed by atoms with van der Waals surface area (Å²) in [6, 6.07) is 6.91. The van der Waals surface area contributed by atoms with Gasteiger partial charge in [0.05, 0.1) is 40.0 Å². The molecule has 1 unspecified atom stereocenters. The van der Waals surface area contributed by atoms with Gasteiger partial charge in [0.25, 0.3) is 11.5 Å². The summed E-state index contributed by atoms with van der Waals surface area (Å²) in [4.78, 5) is 33.5. The van der Waals surface area contributed by atoms with Gasteiger partial charge in [-0.2, -0.15) is 5.26 Å². The lowest BCUT2D eigenvalue weighted by Crippen LogP contribution is -2.41. The number of unbranched alkanes of at least 4 members (excludes halogenated alkanes) is 4. The van der Waals surface area contributed by atoms with Gasteiger partial charge in [0, 0.05) is 30.0 Å². The van der Waals surface area contributed by atoms with Gasteiger partial charge in [0.1, 0.15) is 39.7 Å². The molecule has 10 nitrogen and oxygen atoms in total. The number of pyridine rings is 1. The number of nitrogens with one attached hydrogen (secondary N) is 2. The topological polar surface area (TPSA) is 147 Å². The third kappa shape index (κ3) is 7.27. The maximum Gasteiger partial charge on any atom is 0.278 e. The van der Waals surface area contributed by atoms with E-state index in [1.807, 2.05) is 0 Å². The number of aryl methyl sites for hydroxylation is 1. The predicted molar refractivity (Wildman–Crippen MR) is 176 cm³/mol. The highest BCUT2D eigenvalue weighted by molar-refractivity contribution is 7.91. The molecule has 1 aromatic carbocycles. The van der Waals surface area contributed by atoms with Gasteiger partial charge in [-0.25, -0.2) is 31.6 Å². The molecule has 14 heteroatoms. The summed E-state index contributed by atoms with van der Waals surface area (Å²) in [6.07, 6.45) is 5.76. The Kier molecular flexibility index (Phi) is 10.9. The van der Waals surface area contributed by atoms with Crippen molar-refractivity contribution in [2.75, 3.05) is 29.9 Å². The van der Waals surface area contributed by atoms with E-state index in [0.717, 1.165) is 31.6 Å². The molecule has 3 aromatic rings. The first-order valence-corrected chi connectivity index (χ1v) is 18.3. The van der Waals surface area contributed by atoms with Crippen LogP contribution in [0.2, 0.25) is 0 Å². The zero-order valence-corrected chi connectivity index (χ0v) is 27.8. The molecule has 2 saturated heterocycles. The third-order valence-corrected chi connectivity index (χ3v) is 11.5. The second kappa shape index (κ2) is 14.7. The highest BCUT2D eigenvalue weighted by Crippen LogP contribution is 2.43. The van der Waals surface area contributed by atoms with E-state index in [2.05, 4.69) is 26.7 Å². The summed E-state index contributed by atoms with van der Waals surface area (Å²) in [5, 5.41) is 16.9. The monoisotopic (exact) mass is 686 g/mol. The number of benzene rings is 1. The Balaban J connectivity index is 1.54. The van der Waals surface area contributed by atoms with E-state index in [-0.39, 0.29) is 66.3 Å². The van der Waals surface area contributed by atoms with Crippen molar-refractivity contribution in [3.05, 3.63) is 63.5 Å². The van der Waals surface area contributed by atoms with Crippen molar-refractivity contribution >= 4 is 33.0 Å². The number of fused-ring (bicyclic) bond motifs is 1. The number of halogens is 3. The minimum atomic E-state index is -3.36. The minimum Gasteiger partial charge on any atom is -0.363 e. The quantitative estimate of drug-likeness (QED) is 0.180. The molecule has 5 rings (SSSR count). The van der Waals surface area contributed by atoms with Crippen LogP contribution in [0.3, 0.4) is 0 Å². The number of nitrogens with zero attached hydrogens (tertiary/aromatic N) is 4. The standard InChI is InChI=1S/C34H41F3N6O4S/c1-23(25-8-7-9-27(29(25)35)34(36,37)24-10-14-39-15-11-24)42-30-26-20-28(33(21-38)12-18-48(46,47)19-13-33)32(45)43(31(26)41-22-40-30)16-5-3-2-4-6-17-44/h7-9,17,20,22-24,39H,2-6,10-16,18-19H2,1H3,(H,40,41,42). The van der Waals surface area contributed by atoms with E-state index < -0.39 is 50.1 Å². The highest BCUT2D eigenvalue weighted by Gasteiger charge is 2.44. The zero-order chi connectivity index (χ0) is 34.5. The lowest BCUT2D eigenvalue weighted by molar-refractivity contribution is -0.107. The van der Waals surface area contributed by atoms with Crippen LogP contribution in [-0.4, -0.2) is 53.8 Å². The molecule has 0 radical (unpaired) electrons. The molecule has 2 fully saturated rings. The maximum atomic E-state index is 15.9. The number of hydrogen-bond acceptors (Lipinski definition) is 9. The second-order valence-electron chi connectivity index (χ2n) is 12.9. The number of aldehydes is 1. The second-order valence-corrected chi connectivity index (χ2v) is 15.2. The van der Waals surface area contributed by atoms with Gasteiger partial charge in [-0.05, 0) is 64.6 Å².